The van der Waals surface area contributed by atoms with Crippen molar-refractivity contribution in [2.75, 3.05) is 0 Å². The van der Waals surface area contributed by atoms with Crippen LogP contribution in [-0.2, 0) is 5.41 Å². The first-order valence-corrected chi connectivity index (χ1v) is 14.1. The minimum atomic E-state index is -0.399. The molecule has 3 aromatic rings. The first-order chi connectivity index (χ1) is 17.4. The largest absolute Gasteiger partial charge is 0.508 e. The van der Waals surface area contributed by atoms with E-state index in [-0.39, 0.29) is 0 Å². The summed E-state index contributed by atoms with van der Waals surface area (Å²) in [5, 5.41) is 22.1. The summed E-state index contributed by atoms with van der Waals surface area (Å²) in [5.41, 5.74) is 7.82. The zero-order chi connectivity index (χ0) is 25.3. The molecule has 0 atom stereocenters. The topological polar surface area (TPSA) is 40.5 Å². The van der Waals surface area contributed by atoms with Gasteiger partial charge in [0, 0.05) is 5.41 Å². The van der Waals surface area contributed by atoms with Crippen LogP contribution in [0.3, 0.4) is 0 Å². The number of aryl methyl sites for hydroxylation is 2. The average Bonchev–Trinajstić information content (AvgIpc) is 2.90. The number of phenols is 2. The fraction of sp³-hybridized carbons (Fsp3) is 0.471. The van der Waals surface area contributed by atoms with E-state index in [1.807, 2.05) is 12.1 Å². The Morgan fingerprint density at radius 2 is 1.03 bits per heavy atom. The molecule has 0 amide bonds. The van der Waals surface area contributed by atoms with E-state index in [2.05, 4.69) is 63.2 Å². The molecule has 0 bridgehead atoms. The highest BCUT2D eigenvalue weighted by atomic mass is 16.3. The number of benzene rings is 3. The van der Waals surface area contributed by atoms with Crippen molar-refractivity contribution >= 4 is 0 Å². The molecule has 5 rings (SSSR count). The maximum absolute atomic E-state index is 11.0. The van der Waals surface area contributed by atoms with Gasteiger partial charge in [-0.1, -0.05) is 81.0 Å². The zero-order valence-corrected chi connectivity index (χ0v) is 22.3. The molecule has 0 unspecified atom stereocenters. The molecule has 3 aromatic carbocycles. The summed E-state index contributed by atoms with van der Waals surface area (Å²) < 4.78 is 0. The van der Waals surface area contributed by atoms with E-state index < -0.39 is 5.41 Å². The van der Waals surface area contributed by atoms with Gasteiger partial charge in [0.2, 0.25) is 0 Å². The zero-order valence-electron chi connectivity index (χ0n) is 22.3. The number of hydrogen-bond donors (Lipinski definition) is 2. The second kappa shape index (κ2) is 10.3. The number of phenolic OH excluding ortho intramolecular Hbond substituents is 2. The molecule has 2 heteroatoms. The van der Waals surface area contributed by atoms with E-state index in [1.54, 1.807) is 0 Å². The van der Waals surface area contributed by atoms with Gasteiger partial charge in [-0.05, 0) is 109 Å². The van der Waals surface area contributed by atoms with Crippen LogP contribution in [0, 0.1) is 13.8 Å². The smallest absolute Gasteiger partial charge is 0.119 e. The highest BCUT2D eigenvalue weighted by Crippen LogP contribution is 2.48. The Morgan fingerprint density at radius 1 is 0.611 bits per heavy atom. The summed E-state index contributed by atoms with van der Waals surface area (Å²) >= 11 is 0. The van der Waals surface area contributed by atoms with Crippen LogP contribution in [0.1, 0.15) is 122 Å². The predicted octanol–water partition coefficient (Wildman–Crippen LogP) is 9.16. The Bertz CT molecular complexity index is 1120. The molecular formula is C34H42O2. The van der Waals surface area contributed by atoms with E-state index >= 15 is 0 Å². The lowest BCUT2D eigenvalue weighted by Crippen LogP contribution is -2.28. The predicted molar refractivity (Wildman–Crippen MR) is 149 cm³/mol. The van der Waals surface area contributed by atoms with Crippen molar-refractivity contribution < 1.29 is 10.2 Å². The molecule has 2 fully saturated rings. The summed E-state index contributed by atoms with van der Waals surface area (Å²) in [6, 6.07) is 19.4. The lowest BCUT2D eigenvalue weighted by atomic mass is 9.66. The number of hydrogen-bond acceptors (Lipinski definition) is 2. The molecule has 2 aliphatic carbocycles. The molecule has 0 heterocycles. The third-order valence-corrected chi connectivity index (χ3v) is 9.27. The number of rotatable bonds is 5. The molecule has 2 saturated carbocycles. The molecule has 2 N–H and O–H groups in total. The quantitative estimate of drug-likeness (QED) is 0.356. The highest BCUT2D eigenvalue weighted by Gasteiger charge is 2.36. The average molecular weight is 483 g/mol. The second-order valence-electron chi connectivity index (χ2n) is 11.6. The fourth-order valence-electron chi connectivity index (χ4n) is 7.20. The van der Waals surface area contributed by atoms with Crippen LogP contribution in [-0.4, -0.2) is 10.2 Å². The van der Waals surface area contributed by atoms with Crippen molar-refractivity contribution in [1.29, 1.82) is 0 Å². The van der Waals surface area contributed by atoms with Gasteiger partial charge in [0.1, 0.15) is 11.5 Å². The van der Waals surface area contributed by atoms with Crippen molar-refractivity contribution in [1.82, 2.24) is 0 Å². The summed E-state index contributed by atoms with van der Waals surface area (Å²) in [6.45, 7) is 6.62. The van der Waals surface area contributed by atoms with Crippen LogP contribution in [0.2, 0.25) is 0 Å². The third-order valence-electron chi connectivity index (χ3n) is 9.27. The lowest BCUT2D eigenvalue weighted by molar-refractivity contribution is 0.412. The highest BCUT2D eigenvalue weighted by molar-refractivity contribution is 5.59. The van der Waals surface area contributed by atoms with Gasteiger partial charge in [-0.15, -0.1) is 0 Å². The van der Waals surface area contributed by atoms with Gasteiger partial charge in [0.05, 0.1) is 0 Å². The second-order valence-corrected chi connectivity index (χ2v) is 11.6. The van der Waals surface area contributed by atoms with Gasteiger partial charge in [0.15, 0.2) is 0 Å². The normalized spacial score (nSPS) is 17.9. The van der Waals surface area contributed by atoms with Gasteiger partial charge in [-0.2, -0.15) is 0 Å². The van der Waals surface area contributed by atoms with Gasteiger partial charge >= 0.3 is 0 Å². The van der Waals surface area contributed by atoms with E-state index in [1.165, 1.54) is 55.2 Å². The maximum Gasteiger partial charge on any atom is 0.119 e. The summed E-state index contributed by atoms with van der Waals surface area (Å²) in [4.78, 5) is 0. The Kier molecular flexibility index (Phi) is 7.15. The number of aromatic hydroxyl groups is 2. The molecule has 0 spiro atoms. The fourth-order valence-corrected chi connectivity index (χ4v) is 7.20. The first-order valence-electron chi connectivity index (χ1n) is 14.1. The lowest BCUT2D eigenvalue weighted by Gasteiger charge is -2.37. The standard InChI is InChI=1S/C34H42O2/c1-23-19-32(35)28(25-13-7-4-8-14-25)21-30(23)34(3,27-17-11-6-12-18-27)31-22-29(33(36)20-24(31)2)26-15-9-5-10-16-26/h6,11-12,17-22,25-26,35-36H,4-5,7-10,13-16H2,1-3H3. The maximum atomic E-state index is 11.0. The Morgan fingerprint density at radius 3 is 1.44 bits per heavy atom. The van der Waals surface area contributed by atoms with Crippen molar-refractivity contribution in [3.63, 3.8) is 0 Å². The Hall–Kier alpha value is -2.74. The third kappa shape index (κ3) is 4.56. The molecular weight excluding hydrogens is 440 g/mol. The SMILES string of the molecule is Cc1cc(O)c(C2CCCCC2)cc1C(C)(c1ccccc1)c1cc(C2CCCCC2)c(O)cc1C. The molecule has 190 valence electrons. The summed E-state index contributed by atoms with van der Waals surface area (Å²) in [6.07, 6.45) is 12.2. The van der Waals surface area contributed by atoms with E-state index in [4.69, 9.17) is 0 Å². The molecule has 0 radical (unpaired) electrons. The van der Waals surface area contributed by atoms with E-state index in [0.717, 1.165) is 47.9 Å². The Balaban J connectivity index is 1.72. The van der Waals surface area contributed by atoms with Gasteiger partial charge in [0.25, 0.3) is 0 Å². The van der Waals surface area contributed by atoms with Crippen molar-refractivity contribution in [2.24, 2.45) is 0 Å². The van der Waals surface area contributed by atoms with Crippen molar-refractivity contribution in [2.45, 2.75) is 102 Å². The van der Waals surface area contributed by atoms with Gasteiger partial charge in [-0.3, -0.25) is 0 Å². The van der Waals surface area contributed by atoms with Gasteiger partial charge < -0.3 is 10.2 Å². The van der Waals surface area contributed by atoms with Crippen LogP contribution in [0.15, 0.2) is 54.6 Å². The van der Waals surface area contributed by atoms with Gasteiger partial charge in [-0.25, -0.2) is 0 Å². The molecule has 0 saturated heterocycles. The minimum absolute atomic E-state index is 0.399. The Labute approximate surface area is 217 Å². The van der Waals surface area contributed by atoms with Crippen molar-refractivity contribution in [3.05, 3.63) is 93.5 Å². The van der Waals surface area contributed by atoms with E-state index in [9.17, 15) is 10.2 Å². The molecule has 2 aliphatic rings. The summed E-state index contributed by atoms with van der Waals surface area (Å²) in [5.74, 6) is 1.75. The van der Waals surface area contributed by atoms with Crippen LogP contribution < -0.4 is 0 Å². The minimum Gasteiger partial charge on any atom is -0.508 e. The van der Waals surface area contributed by atoms with E-state index in [0.29, 0.717) is 23.3 Å². The van der Waals surface area contributed by atoms with Crippen LogP contribution in [0.5, 0.6) is 11.5 Å². The molecule has 36 heavy (non-hydrogen) atoms. The van der Waals surface area contributed by atoms with Crippen molar-refractivity contribution in [3.8, 4) is 11.5 Å². The molecule has 0 aliphatic heterocycles. The first kappa shape index (κ1) is 24.9. The van der Waals surface area contributed by atoms with Crippen LogP contribution in [0.4, 0.5) is 0 Å². The molecule has 0 aromatic heterocycles. The monoisotopic (exact) mass is 482 g/mol. The molecule has 2 nitrogen and oxygen atoms in total. The van der Waals surface area contributed by atoms with Crippen LogP contribution >= 0.6 is 0 Å². The summed E-state index contributed by atoms with van der Waals surface area (Å²) in [7, 11) is 0. The van der Waals surface area contributed by atoms with Crippen LogP contribution in [0.25, 0.3) is 0 Å².